The predicted molar refractivity (Wildman–Crippen MR) is 154 cm³/mol. The molecule has 0 saturated heterocycles. The number of aliphatic hydroxyl groups excluding tert-OH is 1. The van der Waals surface area contributed by atoms with Crippen molar-refractivity contribution >= 4 is 23.3 Å². The van der Waals surface area contributed by atoms with Crippen molar-refractivity contribution in [2.24, 2.45) is 5.92 Å². The number of rotatable bonds is 9. The van der Waals surface area contributed by atoms with Crippen molar-refractivity contribution in [3.63, 3.8) is 0 Å². The second-order valence-corrected chi connectivity index (χ2v) is 10.2. The van der Waals surface area contributed by atoms with Crippen molar-refractivity contribution < 1.29 is 24.2 Å². The molecule has 1 aromatic heterocycles. The summed E-state index contributed by atoms with van der Waals surface area (Å²) in [5.74, 6) is 0.865. The van der Waals surface area contributed by atoms with Gasteiger partial charge < -0.3 is 30.1 Å². The van der Waals surface area contributed by atoms with Crippen LogP contribution in [0.4, 0.5) is 16.2 Å². The van der Waals surface area contributed by atoms with Crippen molar-refractivity contribution in [2.75, 3.05) is 44.5 Å². The second-order valence-electron chi connectivity index (χ2n) is 10.2. The Morgan fingerprint density at radius 3 is 2.50 bits per heavy atom. The zero-order valence-electron chi connectivity index (χ0n) is 23.3. The van der Waals surface area contributed by atoms with Crippen molar-refractivity contribution in [1.82, 2.24) is 14.8 Å². The van der Waals surface area contributed by atoms with Gasteiger partial charge in [0, 0.05) is 49.3 Å². The highest BCUT2D eigenvalue weighted by Crippen LogP contribution is 2.31. The Bertz CT molecular complexity index is 1290. The number of hydrogen-bond acceptors (Lipinski definition) is 7. The van der Waals surface area contributed by atoms with Crippen LogP contribution in [0.1, 0.15) is 29.8 Å². The molecule has 0 radical (unpaired) electrons. The maximum absolute atomic E-state index is 13.7. The van der Waals surface area contributed by atoms with Crippen LogP contribution >= 0.6 is 0 Å². The van der Waals surface area contributed by atoms with Gasteiger partial charge in [-0.15, -0.1) is 0 Å². The summed E-state index contributed by atoms with van der Waals surface area (Å²) in [6.07, 6.45) is 3.33. The molecule has 3 amide bonds. The Labute approximate surface area is 234 Å². The highest BCUT2D eigenvalue weighted by molar-refractivity contribution is 6.02. The molecule has 2 aromatic carbocycles. The molecular weight excluding hydrogens is 510 g/mol. The number of urea groups is 1. The summed E-state index contributed by atoms with van der Waals surface area (Å²) in [5.41, 5.74) is 2.51. The van der Waals surface area contributed by atoms with Gasteiger partial charge in [-0.2, -0.15) is 0 Å². The van der Waals surface area contributed by atoms with Crippen LogP contribution in [0.15, 0.2) is 67.0 Å². The molecule has 10 heteroatoms. The van der Waals surface area contributed by atoms with Gasteiger partial charge in [0.1, 0.15) is 17.6 Å². The summed E-state index contributed by atoms with van der Waals surface area (Å²) in [6, 6.07) is 15.1. The molecule has 4 rings (SSSR count). The SMILES string of the molecule is COc1ccc(NC(=O)Nc2ccc3c(c2)C(=O)N([C@H](C)CO)C[C@H](C)[C@@H](CN(C)Cc2ccncc2)O3)cc1. The number of nitrogens with one attached hydrogen (secondary N) is 2. The Kier molecular flexibility index (Phi) is 9.57. The van der Waals surface area contributed by atoms with Gasteiger partial charge in [-0.3, -0.25) is 14.7 Å². The lowest BCUT2D eigenvalue weighted by molar-refractivity contribution is 0.0341. The third-order valence-electron chi connectivity index (χ3n) is 6.96. The Balaban J connectivity index is 1.54. The van der Waals surface area contributed by atoms with Crippen molar-refractivity contribution in [3.8, 4) is 11.5 Å². The third kappa shape index (κ3) is 7.28. The molecule has 0 fully saturated rings. The molecule has 0 aliphatic carbocycles. The minimum Gasteiger partial charge on any atom is -0.497 e. The number of amides is 3. The first-order chi connectivity index (χ1) is 19.3. The topological polar surface area (TPSA) is 116 Å². The number of fused-ring (bicyclic) bond motifs is 1. The summed E-state index contributed by atoms with van der Waals surface area (Å²) in [6.45, 7) is 5.49. The molecule has 3 N–H and O–H groups in total. The number of nitrogens with zero attached hydrogens (tertiary/aromatic N) is 3. The molecule has 0 spiro atoms. The fraction of sp³-hybridized carbons (Fsp3) is 0.367. The number of benzene rings is 2. The average molecular weight is 548 g/mol. The number of aliphatic hydroxyl groups is 1. The van der Waals surface area contributed by atoms with Crippen LogP contribution in [-0.2, 0) is 6.54 Å². The van der Waals surface area contributed by atoms with Crippen LogP contribution in [0.25, 0.3) is 0 Å². The quantitative estimate of drug-likeness (QED) is 0.370. The lowest BCUT2D eigenvalue weighted by Gasteiger charge is -2.38. The maximum atomic E-state index is 13.7. The Hall–Kier alpha value is -4.15. The minimum absolute atomic E-state index is 0.000865. The smallest absolute Gasteiger partial charge is 0.323 e. The number of aromatic nitrogens is 1. The zero-order valence-corrected chi connectivity index (χ0v) is 23.3. The number of pyridine rings is 1. The molecule has 1 aliphatic rings. The number of likely N-dealkylation sites (N-methyl/N-ethyl adjacent to an activating group) is 1. The van der Waals surface area contributed by atoms with E-state index in [9.17, 15) is 14.7 Å². The van der Waals surface area contributed by atoms with E-state index in [4.69, 9.17) is 9.47 Å². The summed E-state index contributed by atoms with van der Waals surface area (Å²) < 4.78 is 11.6. The van der Waals surface area contributed by atoms with E-state index in [2.05, 4.69) is 27.4 Å². The van der Waals surface area contributed by atoms with Crippen molar-refractivity contribution in [3.05, 3.63) is 78.1 Å². The van der Waals surface area contributed by atoms with Gasteiger partial charge >= 0.3 is 6.03 Å². The van der Waals surface area contributed by atoms with Gasteiger partial charge in [-0.1, -0.05) is 6.92 Å². The van der Waals surface area contributed by atoms with Crippen LogP contribution in [0.5, 0.6) is 11.5 Å². The number of hydrogen-bond donors (Lipinski definition) is 3. The highest BCUT2D eigenvalue weighted by Gasteiger charge is 2.33. The van der Waals surface area contributed by atoms with Crippen molar-refractivity contribution in [1.29, 1.82) is 0 Å². The van der Waals surface area contributed by atoms with Crippen LogP contribution in [0.2, 0.25) is 0 Å². The maximum Gasteiger partial charge on any atom is 0.323 e. The molecule has 10 nitrogen and oxygen atoms in total. The van der Waals surface area contributed by atoms with Crippen LogP contribution in [0, 0.1) is 5.92 Å². The number of ether oxygens (including phenoxy) is 2. The standard InChI is InChI=1S/C30H37N5O5/c1-20-16-35(21(2)19-36)29(37)26-15-24(33-30(38)32-23-5-8-25(39-4)9-6-23)7-10-27(26)40-28(20)18-34(3)17-22-11-13-31-14-12-22/h5-15,20-21,28,36H,16-19H2,1-4H3,(H2,32,33,38)/t20-,21+,28+/m0/s1. The fourth-order valence-corrected chi connectivity index (χ4v) is 4.66. The van der Waals surface area contributed by atoms with Gasteiger partial charge in [0.05, 0.1) is 25.3 Å². The molecule has 0 bridgehead atoms. The van der Waals surface area contributed by atoms with E-state index in [1.165, 1.54) is 0 Å². The molecule has 1 aliphatic heterocycles. The molecule has 0 saturated carbocycles. The average Bonchev–Trinajstić information content (AvgIpc) is 2.95. The normalized spacial score (nSPS) is 17.8. The predicted octanol–water partition coefficient (Wildman–Crippen LogP) is 4.09. The van der Waals surface area contributed by atoms with Gasteiger partial charge in [-0.25, -0.2) is 4.79 Å². The first-order valence-electron chi connectivity index (χ1n) is 13.3. The van der Waals surface area contributed by atoms with E-state index >= 15 is 0 Å². The monoisotopic (exact) mass is 547 g/mol. The Morgan fingerprint density at radius 1 is 1.15 bits per heavy atom. The first-order valence-corrected chi connectivity index (χ1v) is 13.3. The molecule has 0 unspecified atom stereocenters. The van der Waals surface area contributed by atoms with Crippen molar-refractivity contribution in [2.45, 2.75) is 32.5 Å². The third-order valence-corrected chi connectivity index (χ3v) is 6.96. The number of anilines is 2. The molecule has 2 heterocycles. The summed E-state index contributed by atoms with van der Waals surface area (Å²) in [4.78, 5) is 34.3. The molecule has 212 valence electrons. The van der Waals surface area contributed by atoms with E-state index in [0.717, 1.165) is 12.1 Å². The molecule has 3 atom stereocenters. The van der Waals surface area contributed by atoms with Gasteiger partial charge in [0.15, 0.2) is 0 Å². The molecule has 3 aromatic rings. The molecule has 40 heavy (non-hydrogen) atoms. The lowest BCUT2D eigenvalue weighted by atomic mass is 9.99. The number of carbonyl (C=O) groups excluding carboxylic acids is 2. The van der Waals surface area contributed by atoms with E-state index < -0.39 is 6.03 Å². The van der Waals surface area contributed by atoms with E-state index in [1.54, 1.807) is 66.9 Å². The van der Waals surface area contributed by atoms with Crippen LogP contribution < -0.4 is 20.1 Å². The Morgan fingerprint density at radius 2 is 1.82 bits per heavy atom. The van der Waals surface area contributed by atoms with E-state index in [1.807, 2.05) is 26.1 Å². The summed E-state index contributed by atoms with van der Waals surface area (Å²) in [5, 5.41) is 15.5. The highest BCUT2D eigenvalue weighted by atomic mass is 16.5. The van der Waals surface area contributed by atoms with E-state index in [0.29, 0.717) is 41.5 Å². The van der Waals surface area contributed by atoms with E-state index in [-0.39, 0.29) is 30.6 Å². The lowest BCUT2D eigenvalue weighted by Crippen LogP contribution is -2.49. The fourth-order valence-electron chi connectivity index (χ4n) is 4.66. The first kappa shape index (κ1) is 28.8. The number of carbonyl (C=O) groups is 2. The van der Waals surface area contributed by atoms with Crippen LogP contribution in [0.3, 0.4) is 0 Å². The summed E-state index contributed by atoms with van der Waals surface area (Å²) in [7, 11) is 3.61. The summed E-state index contributed by atoms with van der Waals surface area (Å²) >= 11 is 0. The van der Waals surface area contributed by atoms with Crippen LogP contribution in [-0.4, -0.2) is 77.8 Å². The second kappa shape index (κ2) is 13.3. The van der Waals surface area contributed by atoms with Gasteiger partial charge in [-0.05, 0) is 74.1 Å². The van der Waals surface area contributed by atoms with Gasteiger partial charge in [0.2, 0.25) is 0 Å². The number of methoxy groups -OCH3 is 1. The molecular formula is C30H37N5O5. The largest absolute Gasteiger partial charge is 0.497 e. The zero-order chi connectivity index (χ0) is 28.6. The minimum atomic E-state index is -0.450. The van der Waals surface area contributed by atoms with Gasteiger partial charge in [0.25, 0.3) is 5.91 Å².